The normalized spacial score (nSPS) is 11.0. The standard InChI is InChI=1S/C17H17N7O7S/c1-29-12-8-13(30-2)22-17(21-12)24(16(18)26)32(27,28)14-10(15(25)31-3)9-20-23(14)11-6-4-5-7-19-11/h4-9H,1-3H3,(H2,18,26). The highest BCUT2D eigenvalue weighted by Gasteiger charge is 2.40. The molecule has 0 aromatic carbocycles. The van der Waals surface area contributed by atoms with Crippen molar-refractivity contribution >= 4 is 28.0 Å². The van der Waals surface area contributed by atoms with Crippen LogP contribution in [0.1, 0.15) is 10.4 Å². The Balaban J connectivity index is 2.31. The first-order valence-electron chi connectivity index (χ1n) is 8.64. The van der Waals surface area contributed by atoms with Crippen molar-refractivity contribution in [1.82, 2.24) is 24.7 Å². The van der Waals surface area contributed by atoms with Crippen molar-refractivity contribution in [3.8, 4) is 17.6 Å². The van der Waals surface area contributed by atoms with E-state index in [2.05, 4.69) is 24.8 Å². The van der Waals surface area contributed by atoms with E-state index in [0.717, 1.165) is 18.0 Å². The van der Waals surface area contributed by atoms with Crippen LogP contribution in [0.3, 0.4) is 0 Å². The summed E-state index contributed by atoms with van der Waals surface area (Å²) in [6, 6.07) is 4.39. The first-order valence-corrected chi connectivity index (χ1v) is 10.1. The Morgan fingerprint density at radius 1 is 1.09 bits per heavy atom. The van der Waals surface area contributed by atoms with Crippen LogP contribution < -0.4 is 19.5 Å². The smallest absolute Gasteiger partial charge is 0.342 e. The van der Waals surface area contributed by atoms with Crippen molar-refractivity contribution in [3.05, 3.63) is 42.2 Å². The number of aromatic nitrogens is 5. The molecular formula is C17H17N7O7S. The summed E-state index contributed by atoms with van der Waals surface area (Å²) in [6.45, 7) is 0. The van der Waals surface area contributed by atoms with Gasteiger partial charge in [0.25, 0.3) is 16.0 Å². The van der Waals surface area contributed by atoms with Gasteiger partial charge in [0.2, 0.25) is 11.8 Å². The van der Waals surface area contributed by atoms with Gasteiger partial charge in [-0.05, 0) is 12.1 Å². The van der Waals surface area contributed by atoms with Gasteiger partial charge in [0.05, 0.1) is 33.6 Å². The molecule has 0 atom stereocenters. The number of nitrogens with two attached hydrogens (primary N) is 1. The highest BCUT2D eigenvalue weighted by Crippen LogP contribution is 2.28. The molecule has 0 unspecified atom stereocenters. The van der Waals surface area contributed by atoms with E-state index in [4.69, 9.17) is 15.2 Å². The number of urea groups is 1. The number of amides is 2. The first-order chi connectivity index (χ1) is 15.2. The van der Waals surface area contributed by atoms with E-state index < -0.39 is 38.6 Å². The second-order valence-corrected chi connectivity index (χ2v) is 7.52. The molecule has 0 saturated carbocycles. The number of hydrogen-bond donors (Lipinski definition) is 1. The van der Waals surface area contributed by atoms with Gasteiger partial charge in [-0.3, -0.25) is 0 Å². The molecule has 0 spiro atoms. The molecule has 3 aromatic heterocycles. The highest BCUT2D eigenvalue weighted by atomic mass is 32.2. The van der Waals surface area contributed by atoms with Gasteiger partial charge >= 0.3 is 12.0 Å². The molecule has 3 rings (SSSR count). The summed E-state index contributed by atoms with van der Waals surface area (Å²) >= 11 is 0. The van der Waals surface area contributed by atoms with Crippen LogP contribution in [-0.2, 0) is 14.8 Å². The Kier molecular flexibility index (Phi) is 6.20. The molecular weight excluding hydrogens is 446 g/mol. The average molecular weight is 463 g/mol. The number of methoxy groups -OCH3 is 3. The number of carbonyl (C=O) groups excluding carboxylic acids is 2. The van der Waals surface area contributed by atoms with E-state index in [0.29, 0.717) is 0 Å². The monoisotopic (exact) mass is 463 g/mol. The van der Waals surface area contributed by atoms with Crippen molar-refractivity contribution in [2.45, 2.75) is 5.03 Å². The summed E-state index contributed by atoms with van der Waals surface area (Å²) in [5.74, 6) is -1.90. The zero-order valence-corrected chi connectivity index (χ0v) is 17.8. The molecule has 2 N–H and O–H groups in total. The minimum atomic E-state index is -4.94. The largest absolute Gasteiger partial charge is 0.481 e. The maximum Gasteiger partial charge on any atom is 0.342 e. The molecule has 3 heterocycles. The third-order valence-corrected chi connectivity index (χ3v) is 5.65. The zero-order chi connectivity index (χ0) is 23.5. The minimum Gasteiger partial charge on any atom is -0.481 e. The van der Waals surface area contributed by atoms with E-state index in [-0.39, 0.29) is 21.9 Å². The molecule has 14 nitrogen and oxygen atoms in total. The van der Waals surface area contributed by atoms with Crippen LogP contribution in [0.4, 0.5) is 10.7 Å². The number of anilines is 1. The Morgan fingerprint density at radius 3 is 2.25 bits per heavy atom. The van der Waals surface area contributed by atoms with Crippen LogP contribution >= 0.6 is 0 Å². The second-order valence-electron chi connectivity index (χ2n) is 5.82. The van der Waals surface area contributed by atoms with E-state index in [1.165, 1.54) is 32.5 Å². The lowest BCUT2D eigenvalue weighted by molar-refractivity contribution is 0.0596. The number of esters is 1. The van der Waals surface area contributed by atoms with Crippen LogP contribution in [-0.4, -0.2) is 66.5 Å². The number of ether oxygens (including phenoxy) is 3. The summed E-state index contributed by atoms with van der Waals surface area (Å²) in [6.07, 6.45) is 2.34. The topological polar surface area (TPSA) is 182 Å². The predicted molar refractivity (Wildman–Crippen MR) is 107 cm³/mol. The van der Waals surface area contributed by atoms with E-state index in [9.17, 15) is 18.0 Å². The average Bonchev–Trinajstić information content (AvgIpc) is 3.24. The van der Waals surface area contributed by atoms with Gasteiger partial charge in [-0.1, -0.05) is 6.07 Å². The van der Waals surface area contributed by atoms with Crippen LogP contribution in [0, 0.1) is 0 Å². The minimum absolute atomic E-state index is 0.0368. The van der Waals surface area contributed by atoms with Gasteiger partial charge in [-0.2, -0.15) is 23.5 Å². The summed E-state index contributed by atoms with van der Waals surface area (Å²) in [7, 11) is -1.36. The maximum atomic E-state index is 13.6. The lowest BCUT2D eigenvalue weighted by Gasteiger charge is -2.20. The molecule has 0 aliphatic rings. The van der Waals surface area contributed by atoms with Crippen LogP contribution in [0.2, 0.25) is 0 Å². The molecule has 0 fully saturated rings. The summed E-state index contributed by atoms with van der Waals surface area (Å²) in [5.41, 5.74) is 4.90. The molecule has 0 aliphatic heterocycles. The fraction of sp³-hybridized carbons (Fsp3) is 0.176. The van der Waals surface area contributed by atoms with Crippen LogP contribution in [0.15, 0.2) is 41.7 Å². The van der Waals surface area contributed by atoms with Crippen molar-refractivity contribution in [1.29, 1.82) is 0 Å². The molecule has 0 bridgehead atoms. The molecule has 168 valence electrons. The fourth-order valence-corrected chi connectivity index (χ4v) is 4.06. The fourth-order valence-electron chi connectivity index (χ4n) is 2.58. The van der Waals surface area contributed by atoms with Gasteiger partial charge in [-0.25, -0.2) is 19.3 Å². The Morgan fingerprint density at radius 2 is 1.75 bits per heavy atom. The van der Waals surface area contributed by atoms with Gasteiger partial charge in [0.1, 0.15) is 5.56 Å². The van der Waals surface area contributed by atoms with E-state index in [1.54, 1.807) is 12.1 Å². The van der Waals surface area contributed by atoms with Gasteiger partial charge in [-0.15, -0.1) is 4.31 Å². The van der Waals surface area contributed by atoms with Crippen molar-refractivity contribution in [2.24, 2.45) is 5.73 Å². The molecule has 0 saturated heterocycles. The molecule has 15 heteroatoms. The lowest BCUT2D eigenvalue weighted by Crippen LogP contribution is -2.43. The van der Waals surface area contributed by atoms with Crippen LogP contribution in [0.25, 0.3) is 5.82 Å². The van der Waals surface area contributed by atoms with Gasteiger partial charge in [0, 0.05) is 6.20 Å². The lowest BCUT2D eigenvalue weighted by atomic mass is 10.4. The Bertz CT molecular complexity index is 1240. The number of primary amides is 1. The third-order valence-electron chi connectivity index (χ3n) is 3.95. The quantitative estimate of drug-likeness (QED) is 0.470. The van der Waals surface area contributed by atoms with Crippen molar-refractivity contribution in [2.75, 3.05) is 25.6 Å². The SMILES string of the molecule is COC(=O)c1cnn(-c2ccccn2)c1S(=O)(=O)N(C(N)=O)c1nc(OC)cc(OC)n1. The second kappa shape index (κ2) is 8.84. The number of sulfonamides is 1. The van der Waals surface area contributed by atoms with Crippen molar-refractivity contribution < 1.29 is 32.2 Å². The number of hydrogen-bond acceptors (Lipinski definition) is 11. The maximum absolute atomic E-state index is 13.6. The van der Waals surface area contributed by atoms with Crippen molar-refractivity contribution in [3.63, 3.8) is 0 Å². The van der Waals surface area contributed by atoms with E-state index in [1.807, 2.05) is 0 Å². The summed E-state index contributed by atoms with van der Waals surface area (Å²) < 4.78 is 42.9. The first kappa shape index (κ1) is 22.4. The number of carbonyl (C=O) groups is 2. The summed E-state index contributed by atoms with van der Waals surface area (Å²) in [4.78, 5) is 36.3. The number of rotatable bonds is 7. The molecule has 0 radical (unpaired) electrons. The van der Waals surface area contributed by atoms with Crippen LogP contribution in [0.5, 0.6) is 11.8 Å². The molecule has 0 aliphatic carbocycles. The van der Waals surface area contributed by atoms with Gasteiger partial charge in [0.15, 0.2) is 10.8 Å². The summed E-state index contributed by atoms with van der Waals surface area (Å²) in [5, 5.41) is 3.19. The molecule has 32 heavy (non-hydrogen) atoms. The van der Waals surface area contributed by atoms with Gasteiger partial charge < -0.3 is 19.9 Å². The predicted octanol–water partition coefficient (Wildman–Crippen LogP) is 0.135. The van der Waals surface area contributed by atoms with E-state index >= 15 is 0 Å². The Labute approximate surface area is 181 Å². The zero-order valence-electron chi connectivity index (χ0n) is 17.0. The number of nitrogens with zero attached hydrogens (tertiary/aromatic N) is 6. The molecule has 2 amide bonds. The highest BCUT2D eigenvalue weighted by molar-refractivity contribution is 7.93. The third kappa shape index (κ3) is 4.00. The Hall–Kier alpha value is -4.27. The molecule has 3 aromatic rings. The number of pyridine rings is 1.